The third-order valence-electron chi connectivity index (χ3n) is 4.94. The van der Waals surface area contributed by atoms with E-state index in [-0.39, 0.29) is 34.7 Å². The highest BCUT2D eigenvalue weighted by atomic mass is 79.9. The van der Waals surface area contributed by atoms with Gasteiger partial charge in [0, 0.05) is 16.4 Å². The summed E-state index contributed by atoms with van der Waals surface area (Å²) in [4.78, 5) is 19.1. The first-order chi connectivity index (χ1) is 15.7. The normalized spacial score (nSPS) is 13.3. The molecule has 0 saturated carbocycles. The van der Waals surface area contributed by atoms with Gasteiger partial charge in [-0.05, 0) is 42.0 Å². The maximum atomic E-state index is 13.2. The Hall–Kier alpha value is -2.82. The number of nitrogens with zero attached hydrogens (tertiary/aromatic N) is 2. The number of hydrogen-bond acceptors (Lipinski definition) is 5. The second-order valence-corrected chi connectivity index (χ2v) is 8.37. The molecule has 0 spiro atoms. The third-order valence-corrected chi connectivity index (χ3v) is 5.91. The van der Waals surface area contributed by atoms with Crippen molar-refractivity contribution in [3.05, 3.63) is 74.8 Å². The van der Waals surface area contributed by atoms with Crippen molar-refractivity contribution in [2.45, 2.75) is 12.8 Å². The Labute approximate surface area is 200 Å². The lowest BCUT2D eigenvalue weighted by Gasteiger charge is -2.32. The molecule has 0 aliphatic carbocycles. The number of halogens is 5. The smallest absolute Gasteiger partial charge is 0.417 e. The van der Waals surface area contributed by atoms with E-state index in [2.05, 4.69) is 26.2 Å². The van der Waals surface area contributed by atoms with Crippen LogP contribution in [0, 0.1) is 0 Å². The standard InChI is InChI=1S/C22H16BrClF3N3O3/c23-16-5-4-13(9-15(16)22(25,26)27)29-21(32)14-2-1-3-18-19(14)33-7-6-30(18)20-17(24)8-12(11-31)10-28-20/h1-5,8-10,31H,6-7,11H2,(H,29,32). The van der Waals surface area contributed by atoms with Gasteiger partial charge in [0.25, 0.3) is 5.91 Å². The minimum atomic E-state index is -4.58. The van der Waals surface area contributed by atoms with Gasteiger partial charge in [0.1, 0.15) is 6.61 Å². The van der Waals surface area contributed by atoms with Gasteiger partial charge in [0.05, 0.1) is 35.0 Å². The van der Waals surface area contributed by atoms with Gasteiger partial charge in [0.2, 0.25) is 0 Å². The van der Waals surface area contributed by atoms with Crippen molar-refractivity contribution in [1.29, 1.82) is 0 Å². The van der Waals surface area contributed by atoms with E-state index in [1.54, 1.807) is 23.1 Å². The number of anilines is 3. The molecule has 0 unspecified atom stereocenters. The fourth-order valence-corrected chi connectivity index (χ4v) is 4.18. The summed E-state index contributed by atoms with van der Waals surface area (Å²) in [5.41, 5.74) is 0.330. The Balaban J connectivity index is 1.66. The predicted octanol–water partition coefficient (Wildman–Crippen LogP) is 5.79. The number of alkyl halides is 3. The van der Waals surface area contributed by atoms with E-state index in [4.69, 9.17) is 16.3 Å². The van der Waals surface area contributed by atoms with Crippen molar-refractivity contribution >= 4 is 50.6 Å². The second kappa shape index (κ2) is 9.20. The second-order valence-electron chi connectivity index (χ2n) is 7.11. The summed E-state index contributed by atoms with van der Waals surface area (Å²) in [6.07, 6.45) is -3.08. The van der Waals surface area contributed by atoms with Crippen LogP contribution in [0.5, 0.6) is 5.75 Å². The number of fused-ring (bicyclic) bond motifs is 1. The fourth-order valence-electron chi connectivity index (χ4n) is 3.42. The summed E-state index contributed by atoms with van der Waals surface area (Å²) >= 11 is 9.23. The van der Waals surface area contributed by atoms with Crippen LogP contribution in [0.4, 0.5) is 30.4 Å². The van der Waals surface area contributed by atoms with Gasteiger partial charge in [-0.2, -0.15) is 13.2 Å². The Bertz CT molecular complexity index is 1220. The summed E-state index contributed by atoms with van der Waals surface area (Å²) in [7, 11) is 0. The number of aliphatic hydroxyl groups is 1. The molecule has 0 saturated heterocycles. The molecule has 172 valence electrons. The summed E-state index contributed by atoms with van der Waals surface area (Å²) in [5, 5.41) is 12.1. The molecule has 1 amide bonds. The number of carbonyl (C=O) groups excluding carboxylic acids is 1. The van der Waals surface area contributed by atoms with Crippen molar-refractivity contribution in [2.24, 2.45) is 0 Å². The highest BCUT2D eigenvalue weighted by Crippen LogP contribution is 2.41. The third kappa shape index (κ3) is 4.78. The van der Waals surface area contributed by atoms with Crippen LogP contribution in [0.15, 0.2) is 53.1 Å². The highest BCUT2D eigenvalue weighted by Gasteiger charge is 2.33. The quantitative estimate of drug-likeness (QED) is 0.437. The number of ether oxygens (including phenoxy) is 1. The van der Waals surface area contributed by atoms with Crippen LogP contribution in [-0.2, 0) is 12.8 Å². The lowest BCUT2D eigenvalue weighted by molar-refractivity contribution is -0.138. The zero-order chi connectivity index (χ0) is 23.8. The number of hydrogen-bond donors (Lipinski definition) is 2. The van der Waals surface area contributed by atoms with E-state index in [0.717, 1.165) is 6.07 Å². The highest BCUT2D eigenvalue weighted by molar-refractivity contribution is 9.10. The molecule has 6 nitrogen and oxygen atoms in total. The number of pyridine rings is 1. The summed E-state index contributed by atoms with van der Waals surface area (Å²) in [6, 6.07) is 9.93. The number of aromatic nitrogens is 1. The average Bonchev–Trinajstić information content (AvgIpc) is 2.78. The molecular formula is C22H16BrClF3N3O3. The van der Waals surface area contributed by atoms with Crippen LogP contribution >= 0.6 is 27.5 Å². The molecule has 33 heavy (non-hydrogen) atoms. The van der Waals surface area contributed by atoms with E-state index in [1.165, 1.54) is 24.4 Å². The van der Waals surface area contributed by atoms with Gasteiger partial charge in [0.15, 0.2) is 11.6 Å². The molecule has 2 aromatic carbocycles. The molecule has 0 radical (unpaired) electrons. The molecule has 0 bridgehead atoms. The molecule has 3 aromatic rings. The number of benzene rings is 2. The van der Waals surface area contributed by atoms with Gasteiger partial charge in [-0.25, -0.2) is 4.98 Å². The van der Waals surface area contributed by atoms with E-state index in [1.807, 2.05) is 0 Å². The number of carbonyl (C=O) groups is 1. The van der Waals surface area contributed by atoms with E-state index < -0.39 is 17.6 Å². The molecule has 1 aliphatic rings. The maximum absolute atomic E-state index is 13.2. The summed E-state index contributed by atoms with van der Waals surface area (Å²) in [6.45, 7) is 0.432. The molecule has 11 heteroatoms. The Kier molecular flexibility index (Phi) is 6.51. The van der Waals surface area contributed by atoms with Gasteiger partial charge >= 0.3 is 6.18 Å². The molecule has 0 atom stereocenters. The monoisotopic (exact) mass is 541 g/mol. The zero-order valence-electron chi connectivity index (χ0n) is 16.8. The van der Waals surface area contributed by atoms with E-state index in [0.29, 0.717) is 28.6 Å². The molecule has 4 rings (SSSR count). The Morgan fingerprint density at radius 1 is 1.27 bits per heavy atom. The van der Waals surface area contributed by atoms with Crippen molar-refractivity contribution in [2.75, 3.05) is 23.4 Å². The first-order valence-electron chi connectivity index (χ1n) is 9.65. The summed E-state index contributed by atoms with van der Waals surface area (Å²) < 4.78 is 45.2. The molecule has 1 aromatic heterocycles. The van der Waals surface area contributed by atoms with E-state index >= 15 is 0 Å². The first-order valence-corrected chi connectivity index (χ1v) is 10.8. The summed E-state index contributed by atoms with van der Waals surface area (Å²) in [5.74, 6) is 0.0658. The number of amides is 1. The SMILES string of the molecule is O=C(Nc1ccc(Br)c(C(F)(F)F)c1)c1cccc2c1OCCN2c1ncc(CO)cc1Cl. The van der Waals surface area contributed by atoms with Crippen LogP contribution in [-0.4, -0.2) is 29.1 Å². The average molecular weight is 543 g/mol. The van der Waals surface area contributed by atoms with Crippen molar-refractivity contribution in [3.63, 3.8) is 0 Å². The van der Waals surface area contributed by atoms with Crippen LogP contribution in [0.1, 0.15) is 21.5 Å². The maximum Gasteiger partial charge on any atom is 0.417 e. The van der Waals surface area contributed by atoms with E-state index in [9.17, 15) is 23.1 Å². The van der Waals surface area contributed by atoms with Crippen molar-refractivity contribution in [1.82, 2.24) is 4.98 Å². The minimum absolute atomic E-state index is 0.00917. The van der Waals surface area contributed by atoms with Gasteiger partial charge < -0.3 is 20.1 Å². The van der Waals surface area contributed by atoms with Gasteiger partial charge in [-0.3, -0.25) is 4.79 Å². The Morgan fingerprint density at radius 3 is 2.76 bits per heavy atom. The fraction of sp³-hybridized carbons (Fsp3) is 0.182. The largest absolute Gasteiger partial charge is 0.489 e. The number of para-hydroxylation sites is 1. The van der Waals surface area contributed by atoms with Crippen LogP contribution in [0.3, 0.4) is 0 Å². The van der Waals surface area contributed by atoms with Gasteiger partial charge in [-0.1, -0.05) is 33.6 Å². The number of rotatable bonds is 4. The first kappa shape index (κ1) is 23.3. The molecular weight excluding hydrogens is 527 g/mol. The van der Waals surface area contributed by atoms with Crippen LogP contribution in [0.25, 0.3) is 0 Å². The van der Waals surface area contributed by atoms with Crippen LogP contribution in [0.2, 0.25) is 5.02 Å². The molecule has 2 N–H and O–H groups in total. The number of nitrogens with one attached hydrogen (secondary N) is 1. The zero-order valence-corrected chi connectivity index (χ0v) is 19.1. The minimum Gasteiger partial charge on any atom is -0.489 e. The van der Waals surface area contributed by atoms with Crippen molar-refractivity contribution < 1.29 is 27.8 Å². The lowest BCUT2D eigenvalue weighted by atomic mass is 10.1. The van der Waals surface area contributed by atoms with Crippen molar-refractivity contribution in [3.8, 4) is 5.75 Å². The number of aliphatic hydroxyl groups excluding tert-OH is 1. The Morgan fingerprint density at radius 2 is 2.06 bits per heavy atom. The van der Waals surface area contributed by atoms with Crippen LogP contribution < -0.4 is 15.0 Å². The van der Waals surface area contributed by atoms with Gasteiger partial charge in [-0.15, -0.1) is 0 Å². The topological polar surface area (TPSA) is 74.7 Å². The predicted molar refractivity (Wildman–Crippen MR) is 121 cm³/mol. The lowest BCUT2D eigenvalue weighted by Crippen LogP contribution is -2.31. The molecule has 0 fully saturated rings. The molecule has 2 heterocycles. The molecule has 1 aliphatic heterocycles.